The van der Waals surface area contributed by atoms with Crippen molar-refractivity contribution in [2.24, 2.45) is 5.14 Å². The van der Waals surface area contributed by atoms with E-state index in [1.165, 1.54) is 18.5 Å². The molecule has 1 aromatic heterocycles. The maximum atomic E-state index is 13.8. The number of hydrogen-bond acceptors (Lipinski definition) is 3. The lowest BCUT2D eigenvalue weighted by atomic mass is 9.98. The third-order valence-corrected chi connectivity index (χ3v) is 5.18. The zero-order valence-corrected chi connectivity index (χ0v) is 15.3. The molecule has 27 heavy (non-hydrogen) atoms. The van der Waals surface area contributed by atoms with Crippen LogP contribution in [0.3, 0.4) is 0 Å². The Labute approximate surface area is 154 Å². The first-order valence-electron chi connectivity index (χ1n) is 7.84. The lowest BCUT2D eigenvalue weighted by Crippen LogP contribution is -2.20. The van der Waals surface area contributed by atoms with Crippen LogP contribution in [-0.4, -0.2) is 18.2 Å². The first-order valence-corrected chi connectivity index (χ1v) is 9.39. The molecule has 3 rings (SSSR count). The second-order valence-electron chi connectivity index (χ2n) is 6.16. The van der Waals surface area contributed by atoms with E-state index in [2.05, 4.69) is 5.10 Å². The molecule has 9 heteroatoms. The van der Waals surface area contributed by atoms with Crippen molar-refractivity contribution in [2.75, 3.05) is 0 Å². The molecule has 2 aromatic carbocycles. The van der Waals surface area contributed by atoms with Gasteiger partial charge in [0.05, 0.1) is 11.3 Å². The summed E-state index contributed by atoms with van der Waals surface area (Å²) in [6.45, 7) is 3.69. The third kappa shape index (κ3) is 3.74. The van der Waals surface area contributed by atoms with Crippen LogP contribution in [0.4, 0.5) is 13.2 Å². The summed E-state index contributed by atoms with van der Waals surface area (Å²) in [5.74, 6) is 0. The van der Waals surface area contributed by atoms with Crippen molar-refractivity contribution in [3.05, 3.63) is 65.5 Å². The van der Waals surface area contributed by atoms with Gasteiger partial charge in [0.1, 0.15) is 4.90 Å². The molecule has 0 spiro atoms. The molecular weight excluding hydrogens is 379 g/mol. The van der Waals surface area contributed by atoms with Crippen LogP contribution in [0, 0.1) is 13.8 Å². The molecule has 0 aliphatic rings. The predicted octanol–water partition coefficient (Wildman–Crippen LogP) is 3.82. The summed E-state index contributed by atoms with van der Waals surface area (Å²) in [6.07, 6.45) is -2.32. The normalized spacial score (nSPS) is 12.4. The van der Waals surface area contributed by atoms with Crippen LogP contribution in [0.15, 0.2) is 53.7 Å². The quantitative estimate of drug-likeness (QED) is 0.732. The number of nitrogens with zero attached hydrogens (tertiary/aromatic N) is 2. The fourth-order valence-electron chi connectivity index (χ4n) is 2.77. The molecule has 5 nitrogen and oxygen atoms in total. The molecule has 2 N–H and O–H groups in total. The third-order valence-electron chi connectivity index (χ3n) is 4.26. The summed E-state index contributed by atoms with van der Waals surface area (Å²) in [4.78, 5) is -0.644. The average Bonchev–Trinajstić information content (AvgIpc) is 3.09. The molecule has 0 aliphatic carbocycles. The topological polar surface area (TPSA) is 78.0 Å². The van der Waals surface area contributed by atoms with Gasteiger partial charge in [-0.1, -0.05) is 18.2 Å². The first kappa shape index (κ1) is 19.1. The largest absolute Gasteiger partial charge is 0.418 e. The highest BCUT2D eigenvalue weighted by Crippen LogP contribution is 2.40. The number of sulfonamides is 1. The van der Waals surface area contributed by atoms with Crippen LogP contribution in [0.2, 0.25) is 0 Å². The van der Waals surface area contributed by atoms with Crippen LogP contribution in [0.5, 0.6) is 0 Å². The minimum Gasteiger partial charge on any atom is -0.239 e. The van der Waals surface area contributed by atoms with Crippen molar-refractivity contribution in [3.63, 3.8) is 0 Å². The minimum atomic E-state index is -4.81. The molecule has 0 unspecified atom stereocenters. The Morgan fingerprint density at radius 3 is 2.26 bits per heavy atom. The van der Waals surface area contributed by atoms with E-state index in [0.717, 1.165) is 27.9 Å². The summed E-state index contributed by atoms with van der Waals surface area (Å²) in [6, 6.07) is 8.55. The highest BCUT2D eigenvalue weighted by atomic mass is 32.2. The summed E-state index contributed by atoms with van der Waals surface area (Å²) >= 11 is 0. The number of rotatable bonds is 3. The first-order chi connectivity index (χ1) is 12.5. The van der Waals surface area contributed by atoms with E-state index in [4.69, 9.17) is 5.14 Å². The molecule has 0 bridgehead atoms. The van der Waals surface area contributed by atoms with Gasteiger partial charge < -0.3 is 0 Å². The molecule has 142 valence electrons. The van der Waals surface area contributed by atoms with Crippen molar-refractivity contribution in [2.45, 2.75) is 24.9 Å². The molecule has 3 aromatic rings. The number of halogens is 3. The van der Waals surface area contributed by atoms with Crippen LogP contribution in [0.1, 0.15) is 16.7 Å². The molecule has 0 saturated heterocycles. The van der Waals surface area contributed by atoms with Gasteiger partial charge in [-0.2, -0.15) is 18.3 Å². The Bertz CT molecular complexity index is 1110. The average molecular weight is 395 g/mol. The summed E-state index contributed by atoms with van der Waals surface area (Å²) in [5, 5.41) is 9.00. The Morgan fingerprint density at radius 2 is 1.74 bits per heavy atom. The highest BCUT2D eigenvalue weighted by molar-refractivity contribution is 7.89. The van der Waals surface area contributed by atoms with Gasteiger partial charge in [-0.3, -0.25) is 0 Å². The van der Waals surface area contributed by atoms with Crippen LogP contribution >= 0.6 is 0 Å². The molecule has 1 heterocycles. The van der Waals surface area contributed by atoms with E-state index in [1.807, 2.05) is 13.8 Å². The van der Waals surface area contributed by atoms with Crippen LogP contribution in [0.25, 0.3) is 16.8 Å². The van der Waals surface area contributed by atoms with Gasteiger partial charge in [0.25, 0.3) is 0 Å². The second kappa shape index (κ2) is 6.50. The van der Waals surface area contributed by atoms with E-state index in [9.17, 15) is 21.6 Å². The fourth-order valence-corrected chi connectivity index (χ4v) is 3.53. The lowest BCUT2D eigenvalue weighted by molar-refractivity contribution is -0.137. The minimum absolute atomic E-state index is 0.102. The molecular formula is C18H16F3N3O2S. The Hall–Kier alpha value is -2.65. The standard InChI is InChI=1S/C18H16F3N3O2S/c1-11-4-5-13(8-12(11)2)14-9-15(18(19,20)21)17(24-7-3-6-23-24)16(10-14)27(22,25)26/h3-10H,1-2H3,(H2,22,25,26). The number of aromatic nitrogens is 2. The number of benzene rings is 2. The van der Waals surface area contributed by atoms with Crippen molar-refractivity contribution in [1.29, 1.82) is 0 Å². The molecule has 0 saturated carbocycles. The van der Waals surface area contributed by atoms with Crippen molar-refractivity contribution in [1.82, 2.24) is 9.78 Å². The van der Waals surface area contributed by atoms with Crippen LogP contribution in [-0.2, 0) is 16.2 Å². The molecule has 0 aliphatic heterocycles. The van der Waals surface area contributed by atoms with Gasteiger partial charge in [-0.05, 0) is 54.3 Å². The van der Waals surface area contributed by atoms with E-state index in [-0.39, 0.29) is 5.56 Å². The predicted molar refractivity (Wildman–Crippen MR) is 94.8 cm³/mol. The molecule has 0 atom stereocenters. The van der Waals surface area contributed by atoms with Gasteiger partial charge in [-0.15, -0.1) is 0 Å². The van der Waals surface area contributed by atoms with E-state index < -0.39 is 32.3 Å². The summed E-state index contributed by atoms with van der Waals surface area (Å²) in [5.41, 5.74) is 0.642. The zero-order chi connectivity index (χ0) is 20.0. The Morgan fingerprint density at radius 1 is 1.04 bits per heavy atom. The molecule has 0 fully saturated rings. The van der Waals surface area contributed by atoms with Crippen molar-refractivity contribution >= 4 is 10.0 Å². The zero-order valence-electron chi connectivity index (χ0n) is 14.4. The highest BCUT2D eigenvalue weighted by Gasteiger charge is 2.37. The number of hydrogen-bond donors (Lipinski definition) is 1. The smallest absolute Gasteiger partial charge is 0.239 e. The monoisotopic (exact) mass is 395 g/mol. The lowest BCUT2D eigenvalue weighted by Gasteiger charge is -2.18. The maximum absolute atomic E-state index is 13.8. The van der Waals surface area contributed by atoms with Crippen molar-refractivity contribution < 1.29 is 21.6 Å². The van der Waals surface area contributed by atoms with Gasteiger partial charge in [0.2, 0.25) is 10.0 Å². The van der Waals surface area contributed by atoms with Gasteiger partial charge in [0.15, 0.2) is 0 Å². The van der Waals surface area contributed by atoms with Gasteiger partial charge in [0, 0.05) is 12.4 Å². The van der Waals surface area contributed by atoms with E-state index >= 15 is 0 Å². The number of nitrogens with two attached hydrogens (primary N) is 1. The Balaban J connectivity index is 2.41. The van der Waals surface area contributed by atoms with Crippen LogP contribution < -0.4 is 5.14 Å². The molecule has 0 amide bonds. The van der Waals surface area contributed by atoms with E-state index in [0.29, 0.717) is 5.56 Å². The van der Waals surface area contributed by atoms with Crippen molar-refractivity contribution in [3.8, 4) is 16.8 Å². The van der Waals surface area contributed by atoms with E-state index in [1.54, 1.807) is 18.2 Å². The van der Waals surface area contributed by atoms with Gasteiger partial charge in [-0.25, -0.2) is 18.2 Å². The Kier molecular flexibility index (Phi) is 4.61. The maximum Gasteiger partial charge on any atom is 0.418 e. The number of alkyl halides is 3. The summed E-state index contributed by atoms with van der Waals surface area (Å²) < 4.78 is 66.4. The fraction of sp³-hybridized carbons (Fsp3) is 0.167. The SMILES string of the molecule is Cc1ccc(-c2cc(C(F)(F)F)c(-n3cccn3)c(S(N)(=O)=O)c2)cc1C. The molecule has 0 radical (unpaired) electrons. The van der Waals surface area contributed by atoms with Gasteiger partial charge >= 0.3 is 6.18 Å². The number of aryl methyl sites for hydroxylation is 2. The summed E-state index contributed by atoms with van der Waals surface area (Å²) in [7, 11) is -4.45. The second-order valence-corrected chi connectivity index (χ2v) is 7.69. The number of primary sulfonamides is 1.